The molecule has 0 saturated carbocycles. The number of ether oxygens (including phenoxy) is 1. The molecule has 2 rings (SSSR count). The number of benzene rings is 1. The van der Waals surface area contributed by atoms with E-state index < -0.39 is 0 Å². The van der Waals surface area contributed by atoms with Crippen LogP contribution >= 0.6 is 0 Å². The van der Waals surface area contributed by atoms with E-state index in [0.29, 0.717) is 17.9 Å². The number of likely N-dealkylation sites (tertiary alicyclic amines) is 1. The van der Waals surface area contributed by atoms with E-state index in [0.717, 1.165) is 19.0 Å². The topological polar surface area (TPSA) is 39.5 Å². The van der Waals surface area contributed by atoms with Gasteiger partial charge in [-0.2, -0.15) is 5.26 Å². The zero-order valence-electron chi connectivity index (χ0n) is 12.4. The summed E-state index contributed by atoms with van der Waals surface area (Å²) in [5, 5.41) is 9.00. The Morgan fingerprint density at radius 1 is 1.45 bits per heavy atom. The molecule has 0 N–H and O–H groups in total. The van der Waals surface area contributed by atoms with Crippen molar-refractivity contribution >= 4 is 0 Å². The second-order valence-electron chi connectivity index (χ2n) is 5.64. The zero-order valence-corrected chi connectivity index (χ0v) is 12.4. The van der Waals surface area contributed by atoms with Gasteiger partial charge in [0.2, 0.25) is 0 Å². The number of hydrogen-bond acceptors (Lipinski definition) is 4. The van der Waals surface area contributed by atoms with Crippen LogP contribution in [0.25, 0.3) is 0 Å². The Labute approximate surface area is 121 Å². The normalized spacial score (nSPS) is 19.2. The molecule has 1 aliphatic heterocycles. The van der Waals surface area contributed by atoms with Gasteiger partial charge in [-0.05, 0) is 45.1 Å². The molecule has 0 radical (unpaired) electrons. The summed E-state index contributed by atoms with van der Waals surface area (Å²) in [5.74, 6) is 1.46. The van der Waals surface area contributed by atoms with Gasteiger partial charge in [0.15, 0.2) is 0 Å². The summed E-state index contributed by atoms with van der Waals surface area (Å²) < 4.78 is 5.71. The molecule has 1 aromatic rings. The van der Waals surface area contributed by atoms with Gasteiger partial charge in [-0.15, -0.1) is 0 Å². The van der Waals surface area contributed by atoms with Gasteiger partial charge in [0, 0.05) is 19.6 Å². The predicted molar refractivity (Wildman–Crippen MR) is 79.8 cm³/mol. The number of rotatable bonds is 6. The monoisotopic (exact) mass is 273 g/mol. The molecule has 108 valence electrons. The average Bonchev–Trinajstić information content (AvgIpc) is 2.84. The van der Waals surface area contributed by atoms with Crippen molar-refractivity contribution in [3.63, 3.8) is 0 Å². The summed E-state index contributed by atoms with van der Waals surface area (Å²) in [7, 11) is 4.32. The molecule has 4 nitrogen and oxygen atoms in total. The van der Waals surface area contributed by atoms with E-state index in [2.05, 4.69) is 30.0 Å². The number of likely N-dealkylation sites (N-methyl/N-ethyl adjacent to an activating group) is 1. The maximum absolute atomic E-state index is 9.00. The van der Waals surface area contributed by atoms with Crippen LogP contribution in [0.2, 0.25) is 0 Å². The molecule has 1 heterocycles. The summed E-state index contributed by atoms with van der Waals surface area (Å²) in [6, 6.07) is 9.54. The van der Waals surface area contributed by atoms with Crippen LogP contribution in [0.5, 0.6) is 5.75 Å². The van der Waals surface area contributed by atoms with Gasteiger partial charge in [-0.25, -0.2) is 0 Å². The van der Waals surface area contributed by atoms with E-state index in [9.17, 15) is 0 Å². The minimum Gasteiger partial charge on any atom is -0.491 e. The molecular formula is C16H23N3O. The van der Waals surface area contributed by atoms with E-state index in [1.807, 2.05) is 18.2 Å². The van der Waals surface area contributed by atoms with Gasteiger partial charge in [0.1, 0.15) is 18.4 Å². The summed E-state index contributed by atoms with van der Waals surface area (Å²) in [5.41, 5.74) is 0.604. The quantitative estimate of drug-likeness (QED) is 0.792. The number of nitrogens with zero attached hydrogens (tertiary/aromatic N) is 3. The zero-order chi connectivity index (χ0) is 14.4. The molecule has 4 heteroatoms. The lowest BCUT2D eigenvalue weighted by Crippen LogP contribution is -2.30. The molecule has 0 aliphatic carbocycles. The van der Waals surface area contributed by atoms with Gasteiger partial charge < -0.3 is 14.5 Å². The fourth-order valence-corrected chi connectivity index (χ4v) is 2.70. The number of hydrogen-bond donors (Lipinski definition) is 0. The lowest BCUT2D eigenvalue weighted by molar-refractivity contribution is 0.214. The molecule has 20 heavy (non-hydrogen) atoms. The first kappa shape index (κ1) is 14.8. The highest BCUT2D eigenvalue weighted by Crippen LogP contribution is 2.17. The first-order valence-electron chi connectivity index (χ1n) is 7.18. The van der Waals surface area contributed by atoms with E-state index >= 15 is 0 Å². The van der Waals surface area contributed by atoms with Crippen LogP contribution in [0.4, 0.5) is 0 Å². The number of nitriles is 1. The first-order valence-corrected chi connectivity index (χ1v) is 7.18. The molecule has 0 spiro atoms. The van der Waals surface area contributed by atoms with E-state index in [1.165, 1.54) is 19.5 Å². The summed E-state index contributed by atoms with van der Waals surface area (Å²) in [6.45, 7) is 5.04. The van der Waals surface area contributed by atoms with Crippen molar-refractivity contribution in [2.45, 2.75) is 6.42 Å². The third kappa shape index (κ3) is 4.22. The molecule has 1 saturated heterocycles. The standard InChI is InChI=1S/C16H23N3O/c1-18-8-7-14(12-18)13-19(2)9-10-20-16-6-4-3-5-15(16)11-17/h3-6,14H,7-10,12-13H2,1-2H3. The van der Waals surface area contributed by atoms with Crippen molar-refractivity contribution in [2.75, 3.05) is 46.9 Å². The fraction of sp³-hybridized carbons (Fsp3) is 0.562. The summed E-state index contributed by atoms with van der Waals surface area (Å²) >= 11 is 0. The van der Waals surface area contributed by atoms with Crippen molar-refractivity contribution in [1.29, 1.82) is 5.26 Å². The van der Waals surface area contributed by atoms with Gasteiger partial charge in [-0.1, -0.05) is 12.1 Å². The Kier molecular flexibility index (Phi) is 5.40. The van der Waals surface area contributed by atoms with Gasteiger partial charge >= 0.3 is 0 Å². The Morgan fingerprint density at radius 3 is 2.95 bits per heavy atom. The SMILES string of the molecule is CN(CCOc1ccccc1C#N)CC1CCN(C)C1. The van der Waals surface area contributed by atoms with Crippen LogP contribution in [0.3, 0.4) is 0 Å². The molecular weight excluding hydrogens is 250 g/mol. The molecule has 1 unspecified atom stereocenters. The lowest BCUT2D eigenvalue weighted by atomic mass is 10.1. The van der Waals surface area contributed by atoms with Crippen molar-refractivity contribution in [1.82, 2.24) is 9.80 Å². The molecule has 1 atom stereocenters. The lowest BCUT2D eigenvalue weighted by Gasteiger charge is -2.21. The molecule has 1 fully saturated rings. The summed E-state index contributed by atoms with van der Waals surface area (Å²) in [6.07, 6.45) is 1.29. The summed E-state index contributed by atoms with van der Waals surface area (Å²) in [4.78, 5) is 4.71. The second kappa shape index (κ2) is 7.28. The largest absolute Gasteiger partial charge is 0.491 e. The highest BCUT2D eigenvalue weighted by Gasteiger charge is 2.20. The maximum atomic E-state index is 9.00. The van der Waals surface area contributed by atoms with E-state index in [4.69, 9.17) is 10.00 Å². The van der Waals surface area contributed by atoms with E-state index in [-0.39, 0.29) is 0 Å². The Hall–Kier alpha value is -1.57. The Bertz CT molecular complexity index is 469. The maximum Gasteiger partial charge on any atom is 0.137 e. The van der Waals surface area contributed by atoms with Crippen LogP contribution in [0.15, 0.2) is 24.3 Å². The molecule has 1 aromatic carbocycles. The predicted octanol–water partition coefficient (Wildman–Crippen LogP) is 1.82. The van der Waals surface area contributed by atoms with Crippen molar-refractivity contribution in [3.05, 3.63) is 29.8 Å². The van der Waals surface area contributed by atoms with Crippen LogP contribution in [0, 0.1) is 17.2 Å². The van der Waals surface area contributed by atoms with Gasteiger partial charge in [0.05, 0.1) is 5.56 Å². The molecule has 0 bridgehead atoms. The van der Waals surface area contributed by atoms with Crippen molar-refractivity contribution in [2.24, 2.45) is 5.92 Å². The van der Waals surface area contributed by atoms with Gasteiger partial charge in [-0.3, -0.25) is 0 Å². The van der Waals surface area contributed by atoms with Crippen LogP contribution in [-0.4, -0.2) is 56.7 Å². The van der Waals surface area contributed by atoms with E-state index in [1.54, 1.807) is 6.07 Å². The third-order valence-corrected chi connectivity index (χ3v) is 3.80. The molecule has 0 amide bonds. The number of para-hydroxylation sites is 1. The Morgan fingerprint density at radius 2 is 2.25 bits per heavy atom. The fourth-order valence-electron chi connectivity index (χ4n) is 2.70. The smallest absolute Gasteiger partial charge is 0.137 e. The van der Waals surface area contributed by atoms with Gasteiger partial charge in [0.25, 0.3) is 0 Å². The first-order chi connectivity index (χ1) is 9.69. The van der Waals surface area contributed by atoms with Crippen molar-refractivity contribution in [3.8, 4) is 11.8 Å². The molecule has 0 aromatic heterocycles. The molecule has 1 aliphatic rings. The Balaban J connectivity index is 1.71. The van der Waals surface area contributed by atoms with Crippen LogP contribution < -0.4 is 4.74 Å². The average molecular weight is 273 g/mol. The van der Waals surface area contributed by atoms with Crippen molar-refractivity contribution < 1.29 is 4.74 Å². The highest BCUT2D eigenvalue weighted by molar-refractivity contribution is 5.42. The minimum absolute atomic E-state index is 0.604. The van der Waals surface area contributed by atoms with Crippen LogP contribution in [-0.2, 0) is 0 Å². The van der Waals surface area contributed by atoms with Crippen LogP contribution in [0.1, 0.15) is 12.0 Å². The third-order valence-electron chi connectivity index (χ3n) is 3.80. The second-order valence-corrected chi connectivity index (χ2v) is 5.64. The highest BCUT2D eigenvalue weighted by atomic mass is 16.5. The minimum atomic E-state index is 0.604.